The lowest BCUT2D eigenvalue weighted by Crippen LogP contribution is -2.49. The number of imide groups is 1. The second-order valence-corrected chi connectivity index (χ2v) is 9.07. The van der Waals surface area contributed by atoms with Crippen LogP contribution in [0.2, 0.25) is 0 Å². The third kappa shape index (κ3) is 6.98. The van der Waals surface area contributed by atoms with E-state index in [1.165, 1.54) is 6.07 Å². The van der Waals surface area contributed by atoms with E-state index in [0.29, 0.717) is 36.8 Å². The molecule has 3 saturated heterocycles. The zero-order chi connectivity index (χ0) is 25.4. The van der Waals surface area contributed by atoms with Gasteiger partial charge >= 0.3 is 0 Å². The van der Waals surface area contributed by atoms with E-state index in [1.54, 1.807) is 4.90 Å². The molecule has 192 valence electrons. The lowest BCUT2D eigenvalue weighted by atomic mass is 9.87. The number of anilines is 1. The van der Waals surface area contributed by atoms with Crippen molar-refractivity contribution in [3.8, 4) is 0 Å². The van der Waals surface area contributed by atoms with Crippen LogP contribution in [-0.2, 0) is 19.2 Å². The van der Waals surface area contributed by atoms with Crippen molar-refractivity contribution < 1.29 is 33.8 Å². The number of nitrogens with zero attached hydrogens (tertiary/aromatic N) is 2. The molecule has 4 N–H and O–H groups in total. The SMILES string of the molecule is O=C1CCC(Nc2ccc(C3CCN(C4CCN(C(=O)CO)CC4)CC3)c(F)c2)C(=O)N1.O=CO. The largest absolute Gasteiger partial charge is 0.483 e. The van der Waals surface area contributed by atoms with Crippen LogP contribution in [0.1, 0.15) is 50.0 Å². The molecule has 11 heteroatoms. The van der Waals surface area contributed by atoms with Crippen LogP contribution in [0.25, 0.3) is 0 Å². The highest BCUT2D eigenvalue weighted by Crippen LogP contribution is 2.33. The van der Waals surface area contributed by atoms with E-state index in [2.05, 4.69) is 15.5 Å². The summed E-state index contributed by atoms with van der Waals surface area (Å²) in [5.74, 6) is -0.952. The second-order valence-electron chi connectivity index (χ2n) is 9.07. The van der Waals surface area contributed by atoms with Gasteiger partial charge in [-0.15, -0.1) is 0 Å². The molecule has 4 rings (SSSR count). The summed E-state index contributed by atoms with van der Waals surface area (Å²) < 4.78 is 14.9. The fraction of sp³-hybridized carbons (Fsp3) is 0.583. The Morgan fingerprint density at radius 1 is 1.11 bits per heavy atom. The summed E-state index contributed by atoms with van der Waals surface area (Å²) in [5, 5.41) is 21.2. The van der Waals surface area contributed by atoms with Crippen LogP contribution in [0.3, 0.4) is 0 Å². The van der Waals surface area contributed by atoms with Gasteiger partial charge in [-0.2, -0.15) is 0 Å². The lowest BCUT2D eigenvalue weighted by Gasteiger charge is -2.41. The van der Waals surface area contributed by atoms with Crippen molar-refractivity contribution in [2.45, 2.75) is 56.5 Å². The van der Waals surface area contributed by atoms with E-state index >= 15 is 0 Å². The van der Waals surface area contributed by atoms with Crippen molar-refractivity contribution in [1.82, 2.24) is 15.1 Å². The predicted molar refractivity (Wildman–Crippen MR) is 125 cm³/mol. The number of likely N-dealkylation sites (tertiary alicyclic amines) is 2. The van der Waals surface area contributed by atoms with Crippen molar-refractivity contribution in [3.05, 3.63) is 29.6 Å². The predicted octanol–water partition coefficient (Wildman–Crippen LogP) is 0.906. The van der Waals surface area contributed by atoms with Gasteiger partial charge in [-0.25, -0.2) is 4.39 Å². The van der Waals surface area contributed by atoms with Crippen molar-refractivity contribution in [1.29, 1.82) is 0 Å². The number of halogens is 1. The molecule has 0 bridgehead atoms. The Labute approximate surface area is 203 Å². The topological polar surface area (TPSA) is 139 Å². The Morgan fingerprint density at radius 2 is 1.77 bits per heavy atom. The number of aliphatic hydroxyl groups excluding tert-OH is 1. The molecule has 35 heavy (non-hydrogen) atoms. The zero-order valence-electron chi connectivity index (χ0n) is 19.6. The van der Waals surface area contributed by atoms with Crippen molar-refractivity contribution in [3.63, 3.8) is 0 Å². The Morgan fingerprint density at radius 3 is 2.34 bits per heavy atom. The number of carboxylic acid groups (broad SMARTS) is 1. The number of hydrogen-bond donors (Lipinski definition) is 4. The fourth-order valence-electron chi connectivity index (χ4n) is 5.14. The van der Waals surface area contributed by atoms with Crippen molar-refractivity contribution >= 4 is 29.9 Å². The Kier molecular flexibility index (Phi) is 9.55. The minimum absolute atomic E-state index is 0.159. The van der Waals surface area contributed by atoms with Crippen LogP contribution in [-0.4, -0.2) is 89.1 Å². The van der Waals surface area contributed by atoms with Crippen molar-refractivity contribution in [2.24, 2.45) is 0 Å². The quantitative estimate of drug-likeness (QED) is 0.351. The first-order chi connectivity index (χ1) is 16.9. The average Bonchev–Trinajstić information content (AvgIpc) is 2.86. The van der Waals surface area contributed by atoms with Crippen molar-refractivity contribution in [2.75, 3.05) is 38.1 Å². The molecule has 3 amide bonds. The molecule has 10 nitrogen and oxygen atoms in total. The molecule has 1 atom stereocenters. The number of carbonyl (C=O) groups excluding carboxylic acids is 3. The van der Waals surface area contributed by atoms with Gasteiger partial charge in [0.1, 0.15) is 18.5 Å². The van der Waals surface area contributed by atoms with E-state index in [9.17, 15) is 18.8 Å². The molecule has 0 aromatic heterocycles. The van der Waals surface area contributed by atoms with Gasteiger partial charge < -0.3 is 25.3 Å². The summed E-state index contributed by atoms with van der Waals surface area (Å²) >= 11 is 0. The van der Waals surface area contributed by atoms with E-state index in [1.807, 2.05) is 12.1 Å². The van der Waals surface area contributed by atoms with E-state index < -0.39 is 12.6 Å². The highest BCUT2D eigenvalue weighted by molar-refractivity contribution is 6.01. The molecule has 1 aromatic carbocycles. The summed E-state index contributed by atoms with van der Waals surface area (Å²) in [6, 6.07) is 4.97. The molecule has 0 aliphatic carbocycles. The number of nitrogens with one attached hydrogen (secondary N) is 2. The van der Waals surface area contributed by atoms with Gasteiger partial charge in [0.25, 0.3) is 6.47 Å². The van der Waals surface area contributed by atoms with Gasteiger partial charge in [0, 0.05) is 31.2 Å². The molecule has 3 heterocycles. The molecule has 3 fully saturated rings. The van der Waals surface area contributed by atoms with Crippen LogP contribution < -0.4 is 10.6 Å². The Bertz CT molecular complexity index is 913. The molecule has 0 spiro atoms. The molecular weight excluding hydrogens is 459 g/mol. The molecule has 3 aliphatic rings. The van der Waals surface area contributed by atoms with Gasteiger partial charge in [-0.1, -0.05) is 6.07 Å². The molecule has 0 saturated carbocycles. The number of aliphatic hydroxyl groups is 1. The van der Waals surface area contributed by atoms with Gasteiger partial charge in [0.05, 0.1) is 0 Å². The van der Waals surface area contributed by atoms with Crippen LogP contribution in [0.4, 0.5) is 10.1 Å². The minimum atomic E-state index is -0.528. The van der Waals surface area contributed by atoms with Crippen LogP contribution in [0, 0.1) is 5.82 Å². The standard InChI is InChI=1S/C23H31FN4O4.CH2O2/c24-19-13-16(25-20-3-4-21(30)26-23(20)32)1-2-18(19)15-5-9-27(10-6-15)17-7-11-28(12-8-17)22(31)14-29;2-1-3/h1-2,13,15,17,20,25,29H,3-12,14H2,(H,26,30,32);1H,(H,2,3). The smallest absolute Gasteiger partial charge is 0.290 e. The average molecular weight is 493 g/mol. The number of benzene rings is 1. The number of amides is 3. The summed E-state index contributed by atoms with van der Waals surface area (Å²) in [5.41, 5.74) is 1.25. The molecular formula is C24H33FN4O6. The third-order valence-corrected chi connectivity index (χ3v) is 7.02. The van der Waals surface area contributed by atoms with E-state index in [-0.39, 0.29) is 42.3 Å². The molecule has 3 aliphatic heterocycles. The maximum Gasteiger partial charge on any atom is 0.290 e. The summed E-state index contributed by atoms with van der Waals surface area (Å²) in [6.07, 6.45) is 4.26. The van der Waals surface area contributed by atoms with E-state index in [4.69, 9.17) is 15.0 Å². The maximum atomic E-state index is 14.9. The maximum absolute atomic E-state index is 14.9. The third-order valence-electron chi connectivity index (χ3n) is 7.02. The summed E-state index contributed by atoms with van der Waals surface area (Å²) in [7, 11) is 0. The second kappa shape index (κ2) is 12.6. The fourth-order valence-corrected chi connectivity index (χ4v) is 5.14. The molecule has 1 aromatic rings. The van der Waals surface area contributed by atoms with E-state index in [0.717, 1.165) is 38.8 Å². The highest BCUT2D eigenvalue weighted by atomic mass is 19.1. The van der Waals surface area contributed by atoms with Crippen LogP contribution in [0.5, 0.6) is 0 Å². The summed E-state index contributed by atoms with van der Waals surface area (Å²) in [6.45, 7) is 2.49. The van der Waals surface area contributed by atoms with Gasteiger partial charge in [0.2, 0.25) is 17.7 Å². The molecule has 0 radical (unpaired) electrons. The van der Waals surface area contributed by atoms with Gasteiger partial charge in [-0.3, -0.25) is 24.5 Å². The molecule has 1 unspecified atom stereocenters. The highest BCUT2D eigenvalue weighted by Gasteiger charge is 2.31. The monoisotopic (exact) mass is 492 g/mol. The Hall–Kier alpha value is -3.05. The number of carbonyl (C=O) groups is 4. The lowest BCUT2D eigenvalue weighted by molar-refractivity contribution is -0.136. The minimum Gasteiger partial charge on any atom is -0.483 e. The van der Waals surface area contributed by atoms with Crippen LogP contribution in [0.15, 0.2) is 18.2 Å². The first-order valence-electron chi connectivity index (χ1n) is 12.0. The Balaban J connectivity index is 0.00000108. The first kappa shape index (κ1) is 26.6. The normalized spacial score (nSPS) is 22.1. The van der Waals surface area contributed by atoms with Crippen LogP contribution >= 0.6 is 0 Å². The summed E-state index contributed by atoms with van der Waals surface area (Å²) in [4.78, 5) is 47.4. The number of piperidine rings is 3. The first-order valence-corrected chi connectivity index (χ1v) is 12.0. The number of hydrogen-bond acceptors (Lipinski definition) is 7. The van der Waals surface area contributed by atoms with Gasteiger partial charge in [-0.05, 0) is 68.8 Å². The van der Waals surface area contributed by atoms with Gasteiger partial charge in [0.15, 0.2) is 0 Å². The number of rotatable bonds is 5. The zero-order valence-corrected chi connectivity index (χ0v) is 19.6.